The number of hydrogen-bond acceptors (Lipinski definition) is 10. The zero-order chi connectivity index (χ0) is 35.2. The number of benzene rings is 1. The van der Waals surface area contributed by atoms with Gasteiger partial charge in [-0.25, -0.2) is 4.98 Å². The Hall–Kier alpha value is -4.62. The van der Waals surface area contributed by atoms with Gasteiger partial charge in [0.15, 0.2) is 0 Å². The zero-order valence-electron chi connectivity index (χ0n) is 28.7. The monoisotopic (exact) mass is 699 g/mol. The first-order chi connectivity index (χ1) is 24.3. The van der Waals surface area contributed by atoms with Gasteiger partial charge in [-0.2, -0.15) is 0 Å². The van der Waals surface area contributed by atoms with Gasteiger partial charge in [-0.15, -0.1) is 0 Å². The quantitative estimate of drug-likeness (QED) is 0.167. The van der Waals surface area contributed by atoms with Crippen LogP contribution in [0.25, 0.3) is 22.5 Å². The maximum Gasteiger partial charge on any atom is 0.274 e. The number of aromatic nitrogens is 3. The highest BCUT2D eigenvalue weighted by atomic mass is 35.5. The minimum absolute atomic E-state index is 0.0926. The van der Waals surface area contributed by atoms with Crippen LogP contribution in [0.2, 0.25) is 5.02 Å². The lowest BCUT2D eigenvalue weighted by atomic mass is 10.0. The predicted octanol–water partition coefficient (Wildman–Crippen LogP) is 4.88. The van der Waals surface area contributed by atoms with Gasteiger partial charge >= 0.3 is 0 Å². The summed E-state index contributed by atoms with van der Waals surface area (Å²) >= 11 is 7.02. The molecule has 3 aromatic heterocycles. The number of anilines is 1. The molecule has 2 aliphatic heterocycles. The first-order valence-corrected chi connectivity index (χ1v) is 17.0. The van der Waals surface area contributed by atoms with Crippen molar-refractivity contribution in [2.45, 2.75) is 38.9 Å². The molecule has 0 aliphatic carbocycles. The van der Waals surface area contributed by atoms with Gasteiger partial charge in [0.05, 0.1) is 37.2 Å². The highest BCUT2D eigenvalue weighted by Crippen LogP contribution is 2.38. The van der Waals surface area contributed by atoms with Crippen molar-refractivity contribution < 1.29 is 23.8 Å². The van der Waals surface area contributed by atoms with Crippen LogP contribution in [0.4, 0.5) is 5.69 Å². The minimum atomic E-state index is -0.356. The molecule has 4 aromatic rings. The van der Waals surface area contributed by atoms with Crippen LogP contribution in [-0.4, -0.2) is 85.3 Å². The molecule has 2 aliphatic rings. The Balaban J connectivity index is 1.16. The first kappa shape index (κ1) is 35.2. The molecule has 5 heterocycles. The van der Waals surface area contributed by atoms with E-state index in [9.17, 15) is 9.59 Å². The number of ether oxygens (including phenoxy) is 3. The molecule has 1 atom stereocenters. The van der Waals surface area contributed by atoms with Crippen molar-refractivity contribution in [2.24, 2.45) is 5.92 Å². The van der Waals surface area contributed by atoms with Crippen molar-refractivity contribution in [1.29, 1.82) is 0 Å². The van der Waals surface area contributed by atoms with E-state index in [1.165, 1.54) is 0 Å². The van der Waals surface area contributed by atoms with Crippen molar-refractivity contribution in [3.8, 4) is 34.1 Å². The Kier molecular flexibility index (Phi) is 11.2. The fourth-order valence-corrected chi connectivity index (χ4v) is 6.78. The van der Waals surface area contributed by atoms with E-state index in [0.717, 1.165) is 48.4 Å². The minimum Gasteiger partial charge on any atom is -0.496 e. The summed E-state index contributed by atoms with van der Waals surface area (Å²) in [6.45, 7) is 6.47. The Morgan fingerprint density at radius 3 is 2.64 bits per heavy atom. The topological polar surface area (TPSA) is 140 Å². The zero-order valence-corrected chi connectivity index (χ0v) is 29.5. The van der Waals surface area contributed by atoms with Crippen LogP contribution in [0.15, 0.2) is 54.9 Å². The lowest BCUT2D eigenvalue weighted by molar-refractivity contribution is -0.119. The second-order valence-corrected chi connectivity index (χ2v) is 13.0. The summed E-state index contributed by atoms with van der Waals surface area (Å²) in [5.74, 6) is 1.37. The normalized spacial score (nSPS) is 16.2. The van der Waals surface area contributed by atoms with Crippen LogP contribution in [0.5, 0.6) is 11.6 Å². The molecule has 12 nitrogen and oxygen atoms in total. The van der Waals surface area contributed by atoms with Crippen LogP contribution in [-0.2, 0) is 22.6 Å². The van der Waals surface area contributed by atoms with E-state index in [0.29, 0.717) is 71.3 Å². The molecule has 0 spiro atoms. The average Bonchev–Trinajstić information content (AvgIpc) is 3.53. The third-order valence-corrected chi connectivity index (χ3v) is 9.53. The Labute approximate surface area is 296 Å². The van der Waals surface area contributed by atoms with E-state index in [1.54, 1.807) is 39.8 Å². The smallest absolute Gasteiger partial charge is 0.274 e. The van der Waals surface area contributed by atoms with Crippen LogP contribution in [0, 0.1) is 12.8 Å². The molecule has 13 heteroatoms. The van der Waals surface area contributed by atoms with Crippen LogP contribution >= 0.6 is 11.6 Å². The molecule has 262 valence electrons. The van der Waals surface area contributed by atoms with Crippen molar-refractivity contribution in [1.82, 2.24) is 30.5 Å². The number of carbonyl (C=O) groups is 2. The summed E-state index contributed by atoms with van der Waals surface area (Å²) in [6, 6.07) is 13.1. The number of rotatable bonds is 14. The molecule has 0 saturated carbocycles. The number of methoxy groups -OCH3 is 3. The van der Waals surface area contributed by atoms with Gasteiger partial charge in [-0.3, -0.25) is 24.5 Å². The first-order valence-electron chi connectivity index (χ1n) is 16.6. The molecular formula is C37H42ClN7O5. The number of carbonyl (C=O) groups excluding carboxylic acids is 2. The molecule has 2 saturated heterocycles. The fraction of sp³-hybridized carbons (Fsp3) is 0.378. The van der Waals surface area contributed by atoms with Gasteiger partial charge in [0.2, 0.25) is 11.8 Å². The Morgan fingerprint density at radius 1 is 1.06 bits per heavy atom. The van der Waals surface area contributed by atoms with Crippen molar-refractivity contribution in [3.63, 3.8) is 0 Å². The maximum absolute atomic E-state index is 13.4. The van der Waals surface area contributed by atoms with Crippen molar-refractivity contribution in [3.05, 3.63) is 82.3 Å². The highest BCUT2D eigenvalue weighted by molar-refractivity contribution is 6.35. The lowest BCUT2D eigenvalue weighted by Gasteiger charge is -2.39. The summed E-state index contributed by atoms with van der Waals surface area (Å²) in [5, 5.41) is 9.78. The second-order valence-electron chi connectivity index (χ2n) is 12.6. The van der Waals surface area contributed by atoms with E-state index >= 15 is 0 Å². The standard InChI is InChI=1S/C37H42ClN7O5/c1-22-27(6-5-7-29(22)43-36(47)31-14-32(49-3)25(16-41-31)20-45-18-23(19-45)21-48-2)35-34(38)28(12-13-40-35)30-10-8-24(37(44-30)50-4)15-39-17-26-9-11-33(46)42-26/h5-8,10,12-14,16,23,26,39H,9,11,15,17-21H2,1-4H3,(H,42,46)(H,43,47). The molecule has 1 aromatic carbocycles. The summed E-state index contributed by atoms with van der Waals surface area (Å²) in [7, 11) is 4.91. The van der Waals surface area contributed by atoms with Gasteiger partial charge < -0.3 is 30.2 Å². The molecule has 0 bridgehead atoms. The SMILES string of the molecule is COCC1CN(Cc2cnc(C(=O)Nc3cccc(-c4nccc(-c5ccc(CNCC6CCC(=O)N6)c(OC)n5)c4Cl)c3C)cc2OC)C1. The molecule has 2 fully saturated rings. The van der Waals surface area contributed by atoms with E-state index < -0.39 is 0 Å². The number of nitrogens with zero attached hydrogens (tertiary/aromatic N) is 4. The van der Waals surface area contributed by atoms with Gasteiger partial charge in [0, 0.05) is 105 Å². The Morgan fingerprint density at radius 2 is 1.90 bits per heavy atom. The lowest BCUT2D eigenvalue weighted by Crippen LogP contribution is -2.47. The number of likely N-dealkylation sites (tertiary alicyclic amines) is 1. The average molecular weight is 700 g/mol. The van der Waals surface area contributed by atoms with E-state index in [1.807, 2.05) is 43.3 Å². The van der Waals surface area contributed by atoms with Gasteiger partial charge in [-0.05, 0) is 37.1 Å². The molecule has 2 amide bonds. The van der Waals surface area contributed by atoms with Crippen LogP contribution < -0.4 is 25.4 Å². The van der Waals surface area contributed by atoms with E-state index in [4.69, 9.17) is 30.8 Å². The third kappa shape index (κ3) is 7.89. The molecule has 3 N–H and O–H groups in total. The summed E-state index contributed by atoms with van der Waals surface area (Å²) in [5.41, 5.74) is 6.13. The molecule has 0 radical (unpaired) electrons. The van der Waals surface area contributed by atoms with Gasteiger partial charge in [-0.1, -0.05) is 29.8 Å². The molecular weight excluding hydrogens is 658 g/mol. The third-order valence-electron chi connectivity index (χ3n) is 9.15. The molecule has 1 unspecified atom stereocenters. The number of nitrogens with one attached hydrogen (secondary N) is 3. The molecule has 6 rings (SSSR count). The van der Waals surface area contributed by atoms with E-state index in [-0.39, 0.29) is 23.6 Å². The van der Waals surface area contributed by atoms with Crippen LogP contribution in [0.3, 0.4) is 0 Å². The summed E-state index contributed by atoms with van der Waals surface area (Å²) in [4.78, 5) is 41.0. The number of halogens is 1. The van der Waals surface area contributed by atoms with Crippen molar-refractivity contribution in [2.75, 3.05) is 52.9 Å². The second kappa shape index (κ2) is 15.9. The number of amides is 2. The largest absolute Gasteiger partial charge is 0.496 e. The Bertz CT molecular complexity index is 1870. The predicted molar refractivity (Wildman–Crippen MR) is 191 cm³/mol. The summed E-state index contributed by atoms with van der Waals surface area (Å²) < 4.78 is 16.5. The summed E-state index contributed by atoms with van der Waals surface area (Å²) in [6.07, 6.45) is 4.79. The number of pyridine rings is 3. The van der Waals surface area contributed by atoms with Crippen molar-refractivity contribution >= 4 is 29.1 Å². The van der Waals surface area contributed by atoms with Gasteiger partial charge in [0.1, 0.15) is 11.4 Å². The maximum atomic E-state index is 13.4. The molecule has 50 heavy (non-hydrogen) atoms. The van der Waals surface area contributed by atoms with Crippen LogP contribution in [0.1, 0.15) is 40.0 Å². The van der Waals surface area contributed by atoms with E-state index in [2.05, 4.69) is 30.8 Å². The van der Waals surface area contributed by atoms with Gasteiger partial charge in [0.25, 0.3) is 5.91 Å². The fourth-order valence-electron chi connectivity index (χ4n) is 6.47. The highest BCUT2D eigenvalue weighted by Gasteiger charge is 2.28. The number of hydrogen-bond donors (Lipinski definition) is 3.